The minimum absolute atomic E-state index is 0.0355. The number of nitrogens with one attached hydrogen (secondary N) is 1. The lowest BCUT2D eigenvalue weighted by Crippen LogP contribution is -2.47. The van der Waals surface area contributed by atoms with E-state index in [-0.39, 0.29) is 30.7 Å². The normalized spacial score (nSPS) is 17.2. The quantitative estimate of drug-likeness (QED) is 0.824. The Morgan fingerprint density at radius 1 is 1.25 bits per heavy atom. The number of nitrogens with zero attached hydrogens (tertiary/aromatic N) is 1. The molecule has 7 heteroatoms. The molecule has 1 aliphatic heterocycles. The van der Waals surface area contributed by atoms with Crippen LogP contribution in [-0.4, -0.2) is 55.6 Å². The molecule has 130 valence electrons. The molecule has 0 aromatic heterocycles. The molecule has 1 aromatic rings. The Labute approximate surface area is 140 Å². The van der Waals surface area contributed by atoms with E-state index >= 15 is 0 Å². The lowest BCUT2D eigenvalue weighted by Gasteiger charge is -2.33. The van der Waals surface area contributed by atoms with Crippen LogP contribution in [0.5, 0.6) is 0 Å². The lowest BCUT2D eigenvalue weighted by molar-refractivity contribution is -0.141. The van der Waals surface area contributed by atoms with Gasteiger partial charge in [0, 0.05) is 24.2 Å². The summed E-state index contributed by atoms with van der Waals surface area (Å²) in [6.07, 6.45) is 0.0898. The van der Waals surface area contributed by atoms with Crippen LogP contribution in [0.2, 0.25) is 0 Å². The molecule has 2 rings (SSSR count). The van der Waals surface area contributed by atoms with E-state index in [1.165, 1.54) is 7.11 Å². The first-order chi connectivity index (χ1) is 11.5. The van der Waals surface area contributed by atoms with Gasteiger partial charge in [-0.25, -0.2) is 0 Å². The number of carbonyl (C=O) groups is 3. The summed E-state index contributed by atoms with van der Waals surface area (Å²) >= 11 is 0. The summed E-state index contributed by atoms with van der Waals surface area (Å²) < 4.78 is 9.82. The Bertz CT molecular complexity index is 600. The minimum atomic E-state index is -0.425. The van der Waals surface area contributed by atoms with Crippen molar-refractivity contribution >= 4 is 23.5 Å². The number of morpholine rings is 1. The van der Waals surface area contributed by atoms with Gasteiger partial charge in [0.15, 0.2) is 0 Å². The molecule has 0 spiro atoms. The van der Waals surface area contributed by atoms with E-state index in [4.69, 9.17) is 4.74 Å². The van der Waals surface area contributed by atoms with Gasteiger partial charge in [-0.2, -0.15) is 0 Å². The average molecular weight is 334 g/mol. The van der Waals surface area contributed by atoms with Gasteiger partial charge in [-0.05, 0) is 31.2 Å². The van der Waals surface area contributed by atoms with Crippen molar-refractivity contribution in [3.8, 4) is 0 Å². The second kappa shape index (κ2) is 8.44. The van der Waals surface area contributed by atoms with Gasteiger partial charge < -0.3 is 19.7 Å². The zero-order valence-electron chi connectivity index (χ0n) is 13.9. The number of carbonyl (C=O) groups excluding carboxylic acids is 3. The number of ether oxygens (including phenoxy) is 2. The zero-order valence-corrected chi connectivity index (χ0v) is 13.9. The van der Waals surface area contributed by atoms with Crippen molar-refractivity contribution in [3.05, 3.63) is 29.8 Å². The molecule has 1 N–H and O–H groups in total. The monoisotopic (exact) mass is 334 g/mol. The Kier molecular flexibility index (Phi) is 6.31. The highest BCUT2D eigenvalue weighted by atomic mass is 16.5. The molecule has 0 bridgehead atoms. The van der Waals surface area contributed by atoms with E-state index in [0.717, 1.165) is 0 Å². The van der Waals surface area contributed by atoms with Gasteiger partial charge in [0.1, 0.15) is 0 Å². The molecule has 1 atom stereocenters. The van der Waals surface area contributed by atoms with Crippen molar-refractivity contribution in [2.24, 2.45) is 0 Å². The molecule has 0 saturated carbocycles. The molecule has 2 amide bonds. The molecule has 1 heterocycles. The highest BCUT2D eigenvalue weighted by Crippen LogP contribution is 2.15. The summed E-state index contributed by atoms with van der Waals surface area (Å²) in [6, 6.07) is 6.76. The van der Waals surface area contributed by atoms with E-state index < -0.39 is 5.97 Å². The highest BCUT2D eigenvalue weighted by molar-refractivity contribution is 5.96. The van der Waals surface area contributed by atoms with Crippen molar-refractivity contribution in [3.63, 3.8) is 0 Å². The van der Waals surface area contributed by atoms with Crippen LogP contribution >= 0.6 is 0 Å². The number of rotatable bonds is 5. The topological polar surface area (TPSA) is 84.9 Å². The first-order valence-corrected chi connectivity index (χ1v) is 7.86. The smallest absolute Gasteiger partial charge is 0.306 e. The van der Waals surface area contributed by atoms with E-state index in [0.29, 0.717) is 31.0 Å². The summed E-state index contributed by atoms with van der Waals surface area (Å²) in [4.78, 5) is 37.0. The summed E-state index contributed by atoms with van der Waals surface area (Å²) in [5, 5.41) is 2.68. The Balaban J connectivity index is 1.91. The van der Waals surface area contributed by atoms with Gasteiger partial charge in [-0.3, -0.25) is 14.4 Å². The van der Waals surface area contributed by atoms with E-state index in [2.05, 4.69) is 10.1 Å². The first-order valence-electron chi connectivity index (χ1n) is 7.86. The molecule has 1 fully saturated rings. The zero-order chi connectivity index (χ0) is 17.5. The summed E-state index contributed by atoms with van der Waals surface area (Å²) in [7, 11) is 1.28. The Morgan fingerprint density at radius 3 is 2.58 bits per heavy atom. The maximum atomic E-state index is 12.5. The van der Waals surface area contributed by atoms with Gasteiger partial charge in [-0.1, -0.05) is 0 Å². The fraction of sp³-hybridized carbons (Fsp3) is 0.471. The number of benzene rings is 1. The fourth-order valence-corrected chi connectivity index (χ4v) is 2.43. The molecule has 0 radical (unpaired) electrons. The molecule has 0 aliphatic carbocycles. The maximum absolute atomic E-state index is 12.5. The van der Waals surface area contributed by atoms with Crippen LogP contribution in [0.1, 0.15) is 30.1 Å². The molecule has 1 aromatic carbocycles. The van der Waals surface area contributed by atoms with Gasteiger partial charge in [0.25, 0.3) is 5.91 Å². The third kappa shape index (κ3) is 4.79. The molecular formula is C17H22N2O5. The van der Waals surface area contributed by atoms with Crippen LogP contribution in [0.15, 0.2) is 24.3 Å². The van der Waals surface area contributed by atoms with Crippen LogP contribution in [0.4, 0.5) is 5.69 Å². The number of hydrogen-bond donors (Lipinski definition) is 1. The van der Waals surface area contributed by atoms with Crippen LogP contribution in [0.3, 0.4) is 0 Å². The average Bonchev–Trinajstić information content (AvgIpc) is 2.60. The molecule has 1 saturated heterocycles. The SMILES string of the molecule is COC(=O)CCC(=O)Nc1ccc(C(=O)N2CCOCC2C)cc1. The number of esters is 1. The molecular weight excluding hydrogens is 312 g/mol. The number of methoxy groups -OCH3 is 1. The van der Waals surface area contributed by atoms with Crippen molar-refractivity contribution in [1.29, 1.82) is 0 Å². The van der Waals surface area contributed by atoms with Crippen molar-refractivity contribution in [1.82, 2.24) is 4.90 Å². The van der Waals surface area contributed by atoms with Crippen LogP contribution in [0, 0.1) is 0 Å². The maximum Gasteiger partial charge on any atom is 0.306 e. The minimum Gasteiger partial charge on any atom is -0.469 e. The third-order valence-electron chi connectivity index (χ3n) is 3.83. The third-order valence-corrected chi connectivity index (χ3v) is 3.83. The van der Waals surface area contributed by atoms with Crippen LogP contribution < -0.4 is 5.32 Å². The standard InChI is InChI=1S/C17H22N2O5/c1-12-11-24-10-9-19(12)17(22)13-3-5-14(6-4-13)18-15(20)7-8-16(21)23-2/h3-6,12H,7-11H2,1-2H3,(H,18,20). The summed E-state index contributed by atoms with van der Waals surface area (Å²) in [6.45, 7) is 3.61. The molecule has 7 nitrogen and oxygen atoms in total. The van der Waals surface area contributed by atoms with Crippen molar-refractivity contribution in [2.75, 3.05) is 32.2 Å². The molecule has 24 heavy (non-hydrogen) atoms. The molecule has 1 unspecified atom stereocenters. The van der Waals surface area contributed by atoms with E-state index in [9.17, 15) is 14.4 Å². The van der Waals surface area contributed by atoms with Crippen LogP contribution in [0.25, 0.3) is 0 Å². The van der Waals surface area contributed by atoms with Gasteiger partial charge in [-0.15, -0.1) is 0 Å². The molecule has 1 aliphatic rings. The predicted molar refractivity (Wildman–Crippen MR) is 87.6 cm³/mol. The van der Waals surface area contributed by atoms with E-state index in [1.54, 1.807) is 29.2 Å². The Hall–Kier alpha value is -2.41. The second-order valence-corrected chi connectivity index (χ2v) is 5.62. The van der Waals surface area contributed by atoms with Crippen molar-refractivity contribution < 1.29 is 23.9 Å². The fourth-order valence-electron chi connectivity index (χ4n) is 2.43. The van der Waals surface area contributed by atoms with E-state index in [1.807, 2.05) is 6.92 Å². The largest absolute Gasteiger partial charge is 0.469 e. The van der Waals surface area contributed by atoms with Gasteiger partial charge in [0.05, 0.1) is 32.8 Å². The predicted octanol–water partition coefficient (Wildman–Crippen LogP) is 1.44. The second-order valence-electron chi connectivity index (χ2n) is 5.62. The van der Waals surface area contributed by atoms with Crippen molar-refractivity contribution in [2.45, 2.75) is 25.8 Å². The summed E-state index contributed by atoms with van der Waals surface area (Å²) in [5.74, 6) is -0.749. The Morgan fingerprint density at radius 2 is 1.96 bits per heavy atom. The number of hydrogen-bond acceptors (Lipinski definition) is 5. The van der Waals surface area contributed by atoms with Crippen LogP contribution in [-0.2, 0) is 19.1 Å². The van der Waals surface area contributed by atoms with Gasteiger partial charge >= 0.3 is 5.97 Å². The van der Waals surface area contributed by atoms with Gasteiger partial charge in [0.2, 0.25) is 5.91 Å². The highest BCUT2D eigenvalue weighted by Gasteiger charge is 2.24. The first kappa shape index (κ1) is 17.9. The lowest BCUT2D eigenvalue weighted by atomic mass is 10.1. The summed E-state index contributed by atoms with van der Waals surface area (Å²) in [5.41, 5.74) is 1.15. The number of amides is 2. The number of anilines is 1.